The summed E-state index contributed by atoms with van der Waals surface area (Å²) in [7, 11) is 1.27. The maximum atomic E-state index is 11.7. The summed E-state index contributed by atoms with van der Waals surface area (Å²) < 4.78 is 4.50. The van der Waals surface area contributed by atoms with Crippen molar-refractivity contribution in [3.63, 3.8) is 0 Å². The quantitative estimate of drug-likeness (QED) is 0.740. The molecule has 0 saturated heterocycles. The summed E-state index contributed by atoms with van der Waals surface area (Å²) in [6, 6.07) is 7.45. The molecule has 0 aromatic heterocycles. The van der Waals surface area contributed by atoms with Crippen LogP contribution in [0.4, 0.5) is 0 Å². The molecular formula is C12H16N2O3. The van der Waals surface area contributed by atoms with E-state index < -0.39 is 24.0 Å². The fourth-order valence-corrected chi connectivity index (χ4v) is 1.35. The first kappa shape index (κ1) is 13.2. The van der Waals surface area contributed by atoms with Crippen molar-refractivity contribution < 1.29 is 14.3 Å². The average Bonchev–Trinajstić information content (AvgIpc) is 2.37. The van der Waals surface area contributed by atoms with Crippen molar-refractivity contribution in [3.8, 4) is 0 Å². The van der Waals surface area contributed by atoms with Gasteiger partial charge in [0.05, 0.1) is 7.11 Å². The van der Waals surface area contributed by atoms with E-state index in [0.29, 0.717) is 5.56 Å². The Hall–Kier alpha value is -1.88. The Morgan fingerprint density at radius 1 is 1.29 bits per heavy atom. The Bertz CT molecular complexity index is 392. The van der Waals surface area contributed by atoms with Gasteiger partial charge in [0.2, 0.25) is 5.91 Å². The minimum absolute atomic E-state index is 0.408. The van der Waals surface area contributed by atoms with Crippen LogP contribution in [0.5, 0.6) is 0 Å². The molecule has 2 atom stereocenters. The first-order valence-electron chi connectivity index (χ1n) is 5.25. The van der Waals surface area contributed by atoms with E-state index in [1.54, 1.807) is 31.2 Å². The maximum absolute atomic E-state index is 11.7. The van der Waals surface area contributed by atoms with Crippen molar-refractivity contribution in [1.29, 1.82) is 0 Å². The van der Waals surface area contributed by atoms with E-state index in [-0.39, 0.29) is 0 Å². The Morgan fingerprint density at radius 3 is 2.41 bits per heavy atom. The number of hydrogen-bond donors (Lipinski definition) is 2. The molecular weight excluding hydrogens is 220 g/mol. The molecule has 1 aromatic rings. The van der Waals surface area contributed by atoms with Gasteiger partial charge in [-0.2, -0.15) is 0 Å². The van der Waals surface area contributed by atoms with E-state index in [1.807, 2.05) is 6.07 Å². The van der Waals surface area contributed by atoms with Crippen LogP contribution in [0, 0.1) is 0 Å². The largest absolute Gasteiger partial charge is 0.467 e. The summed E-state index contributed by atoms with van der Waals surface area (Å²) in [6.45, 7) is 1.54. The predicted octanol–water partition coefficient (Wildman–Crippen LogP) is 0.364. The summed E-state index contributed by atoms with van der Waals surface area (Å²) >= 11 is 0. The molecule has 1 unspecified atom stereocenters. The summed E-state index contributed by atoms with van der Waals surface area (Å²) in [5, 5.41) is 2.49. The number of nitrogens with one attached hydrogen (secondary N) is 1. The Morgan fingerprint density at radius 2 is 1.88 bits per heavy atom. The summed E-state index contributed by atoms with van der Waals surface area (Å²) in [4.78, 5) is 22.9. The molecule has 0 fully saturated rings. The zero-order valence-corrected chi connectivity index (χ0v) is 9.84. The smallest absolute Gasteiger partial charge is 0.328 e. The minimum Gasteiger partial charge on any atom is -0.467 e. The molecule has 17 heavy (non-hydrogen) atoms. The van der Waals surface area contributed by atoms with Gasteiger partial charge in [-0.25, -0.2) is 4.79 Å². The lowest BCUT2D eigenvalue weighted by molar-refractivity contribution is -0.144. The normalized spacial score (nSPS) is 13.6. The third-order valence-electron chi connectivity index (χ3n) is 2.35. The zero-order chi connectivity index (χ0) is 12.8. The van der Waals surface area contributed by atoms with Crippen LogP contribution in [0.3, 0.4) is 0 Å². The molecule has 0 aliphatic rings. The van der Waals surface area contributed by atoms with Crippen LogP contribution >= 0.6 is 0 Å². The standard InChI is InChI=1S/C12H16N2O3/c1-8(12(16)17-2)14-11(15)10(13)9-6-4-3-5-7-9/h3-8,10H,13H2,1-2H3,(H,14,15)/t8?,10-/m0/s1. The highest BCUT2D eigenvalue weighted by Crippen LogP contribution is 2.09. The summed E-state index contributed by atoms with van der Waals surface area (Å²) in [6.07, 6.45) is 0. The molecule has 0 spiro atoms. The second-order valence-corrected chi connectivity index (χ2v) is 3.64. The number of carbonyl (C=O) groups is 2. The van der Waals surface area contributed by atoms with Crippen molar-refractivity contribution in [2.24, 2.45) is 5.73 Å². The van der Waals surface area contributed by atoms with Crippen LogP contribution in [0.1, 0.15) is 18.5 Å². The molecule has 3 N–H and O–H groups in total. The van der Waals surface area contributed by atoms with Gasteiger partial charge < -0.3 is 15.8 Å². The van der Waals surface area contributed by atoms with E-state index in [1.165, 1.54) is 7.11 Å². The van der Waals surface area contributed by atoms with Gasteiger partial charge in [-0.3, -0.25) is 4.79 Å². The van der Waals surface area contributed by atoms with Crippen LogP contribution in [0.25, 0.3) is 0 Å². The molecule has 0 saturated carbocycles. The van der Waals surface area contributed by atoms with Gasteiger partial charge in [0, 0.05) is 0 Å². The predicted molar refractivity (Wildman–Crippen MR) is 63.0 cm³/mol. The van der Waals surface area contributed by atoms with Gasteiger partial charge in [-0.15, -0.1) is 0 Å². The van der Waals surface area contributed by atoms with E-state index in [0.717, 1.165) is 0 Å². The number of esters is 1. The Balaban J connectivity index is 2.62. The van der Waals surface area contributed by atoms with Gasteiger partial charge >= 0.3 is 5.97 Å². The van der Waals surface area contributed by atoms with Crippen LogP contribution in [-0.4, -0.2) is 25.0 Å². The highest BCUT2D eigenvalue weighted by molar-refractivity contribution is 5.87. The highest BCUT2D eigenvalue weighted by Gasteiger charge is 2.21. The van der Waals surface area contributed by atoms with Crippen molar-refractivity contribution in [1.82, 2.24) is 5.32 Å². The van der Waals surface area contributed by atoms with Crippen molar-refractivity contribution in [2.75, 3.05) is 7.11 Å². The molecule has 1 rings (SSSR count). The Labute approximate surface area is 99.9 Å². The number of benzene rings is 1. The van der Waals surface area contributed by atoms with E-state index >= 15 is 0 Å². The molecule has 5 nitrogen and oxygen atoms in total. The van der Waals surface area contributed by atoms with Gasteiger partial charge in [0.1, 0.15) is 12.1 Å². The number of ether oxygens (including phenoxy) is 1. The summed E-state index contributed by atoms with van der Waals surface area (Å²) in [5.74, 6) is -0.910. The second kappa shape index (κ2) is 6.00. The fraction of sp³-hybridized carbons (Fsp3) is 0.333. The second-order valence-electron chi connectivity index (χ2n) is 3.64. The topological polar surface area (TPSA) is 81.4 Å². The first-order valence-corrected chi connectivity index (χ1v) is 5.25. The van der Waals surface area contributed by atoms with Gasteiger partial charge in [-0.1, -0.05) is 30.3 Å². The third-order valence-corrected chi connectivity index (χ3v) is 2.35. The van der Waals surface area contributed by atoms with E-state index in [4.69, 9.17) is 5.73 Å². The van der Waals surface area contributed by atoms with Crippen LogP contribution in [-0.2, 0) is 14.3 Å². The molecule has 1 aromatic carbocycles. The SMILES string of the molecule is COC(=O)C(C)NC(=O)[C@@H](N)c1ccccc1. The summed E-state index contributed by atoms with van der Waals surface area (Å²) in [5.41, 5.74) is 6.46. The van der Waals surface area contributed by atoms with Crippen LogP contribution in [0.15, 0.2) is 30.3 Å². The van der Waals surface area contributed by atoms with Crippen LogP contribution < -0.4 is 11.1 Å². The average molecular weight is 236 g/mol. The van der Waals surface area contributed by atoms with Gasteiger partial charge in [0.25, 0.3) is 0 Å². The number of amides is 1. The van der Waals surface area contributed by atoms with Gasteiger partial charge in [-0.05, 0) is 12.5 Å². The number of methoxy groups -OCH3 is 1. The fourth-order valence-electron chi connectivity index (χ4n) is 1.35. The lowest BCUT2D eigenvalue weighted by Gasteiger charge is -2.16. The molecule has 5 heteroatoms. The molecule has 92 valence electrons. The van der Waals surface area contributed by atoms with Crippen LogP contribution in [0.2, 0.25) is 0 Å². The molecule has 0 aliphatic carbocycles. The maximum Gasteiger partial charge on any atom is 0.328 e. The van der Waals surface area contributed by atoms with Crippen molar-refractivity contribution in [2.45, 2.75) is 19.0 Å². The van der Waals surface area contributed by atoms with Crippen molar-refractivity contribution in [3.05, 3.63) is 35.9 Å². The van der Waals surface area contributed by atoms with Gasteiger partial charge in [0.15, 0.2) is 0 Å². The molecule has 0 radical (unpaired) electrons. The molecule has 0 bridgehead atoms. The van der Waals surface area contributed by atoms with Crippen molar-refractivity contribution >= 4 is 11.9 Å². The molecule has 0 heterocycles. The third kappa shape index (κ3) is 3.57. The number of rotatable bonds is 4. The number of hydrogen-bond acceptors (Lipinski definition) is 4. The minimum atomic E-state index is -0.789. The monoisotopic (exact) mass is 236 g/mol. The Kier molecular flexibility index (Phi) is 4.66. The molecule has 1 amide bonds. The first-order chi connectivity index (χ1) is 8.06. The lowest BCUT2D eigenvalue weighted by atomic mass is 10.1. The number of nitrogens with two attached hydrogens (primary N) is 1. The lowest BCUT2D eigenvalue weighted by Crippen LogP contribution is -2.43. The zero-order valence-electron chi connectivity index (χ0n) is 9.84. The van der Waals surface area contributed by atoms with E-state index in [9.17, 15) is 9.59 Å². The number of carbonyl (C=O) groups excluding carboxylic acids is 2. The molecule has 0 aliphatic heterocycles. The highest BCUT2D eigenvalue weighted by atomic mass is 16.5. The van der Waals surface area contributed by atoms with E-state index in [2.05, 4.69) is 10.1 Å².